The van der Waals surface area contributed by atoms with Crippen LogP contribution in [0.25, 0.3) is 0 Å². The molecule has 0 saturated heterocycles. The van der Waals surface area contributed by atoms with Crippen molar-refractivity contribution in [3.8, 4) is 0 Å². The van der Waals surface area contributed by atoms with Gasteiger partial charge in [0, 0.05) is 5.25 Å². The molecule has 0 heterocycles. The summed E-state index contributed by atoms with van der Waals surface area (Å²) in [6.45, 7) is 4.43. The molecule has 0 radical (unpaired) electrons. The van der Waals surface area contributed by atoms with Crippen LogP contribution in [0.3, 0.4) is 0 Å². The Morgan fingerprint density at radius 2 is 2.35 bits per heavy atom. The van der Waals surface area contributed by atoms with Crippen molar-refractivity contribution in [2.75, 3.05) is 12.8 Å². The van der Waals surface area contributed by atoms with Crippen molar-refractivity contribution in [1.29, 1.82) is 0 Å². The van der Waals surface area contributed by atoms with Gasteiger partial charge in [0.1, 0.15) is 5.54 Å². The van der Waals surface area contributed by atoms with Crippen LogP contribution in [0.5, 0.6) is 0 Å². The van der Waals surface area contributed by atoms with Gasteiger partial charge in [0.15, 0.2) is 0 Å². The zero-order chi connectivity index (χ0) is 12.9. The van der Waals surface area contributed by atoms with Gasteiger partial charge in [0.2, 0.25) is 0 Å². The maximum absolute atomic E-state index is 11.4. The first-order chi connectivity index (χ1) is 8.06. The number of rotatable bonds is 7. The molecule has 1 rings (SSSR count). The van der Waals surface area contributed by atoms with Crippen molar-refractivity contribution in [1.82, 2.24) is 5.32 Å². The number of hydrogen-bond donors (Lipinski definition) is 2. The SMILES string of the molecule is CCC(C)SCCC1CCCC1(NC)C(=O)O. The number of aliphatic carboxylic acids is 1. The van der Waals surface area contributed by atoms with Gasteiger partial charge in [-0.15, -0.1) is 0 Å². The quantitative estimate of drug-likeness (QED) is 0.738. The summed E-state index contributed by atoms with van der Waals surface area (Å²) in [7, 11) is 1.79. The third-order valence-electron chi connectivity index (χ3n) is 4.09. The number of hydrogen-bond acceptors (Lipinski definition) is 3. The first-order valence-corrected chi connectivity index (χ1v) is 7.65. The van der Waals surface area contributed by atoms with E-state index in [-0.39, 0.29) is 0 Å². The Morgan fingerprint density at radius 1 is 1.65 bits per heavy atom. The van der Waals surface area contributed by atoms with Gasteiger partial charge in [-0.3, -0.25) is 4.79 Å². The molecule has 0 bridgehead atoms. The highest BCUT2D eigenvalue weighted by molar-refractivity contribution is 7.99. The van der Waals surface area contributed by atoms with Gasteiger partial charge in [0.05, 0.1) is 0 Å². The lowest BCUT2D eigenvalue weighted by atomic mass is 9.85. The second-order valence-electron chi connectivity index (χ2n) is 4.99. The smallest absolute Gasteiger partial charge is 0.324 e. The van der Waals surface area contributed by atoms with Gasteiger partial charge in [-0.1, -0.05) is 20.3 Å². The van der Waals surface area contributed by atoms with Crippen LogP contribution in [-0.2, 0) is 4.79 Å². The third kappa shape index (κ3) is 3.38. The van der Waals surface area contributed by atoms with Crippen molar-refractivity contribution in [2.24, 2.45) is 5.92 Å². The van der Waals surface area contributed by atoms with E-state index in [0.717, 1.165) is 31.4 Å². The van der Waals surface area contributed by atoms with Gasteiger partial charge in [0.25, 0.3) is 0 Å². The number of nitrogens with one attached hydrogen (secondary N) is 1. The molecule has 100 valence electrons. The topological polar surface area (TPSA) is 49.3 Å². The van der Waals surface area contributed by atoms with Crippen molar-refractivity contribution in [3.05, 3.63) is 0 Å². The van der Waals surface area contributed by atoms with Crippen molar-refractivity contribution in [2.45, 2.75) is 56.7 Å². The molecule has 0 aromatic rings. The minimum Gasteiger partial charge on any atom is -0.480 e. The molecule has 2 N–H and O–H groups in total. The fourth-order valence-corrected chi connectivity index (χ4v) is 3.77. The van der Waals surface area contributed by atoms with Gasteiger partial charge >= 0.3 is 5.97 Å². The Labute approximate surface area is 109 Å². The first-order valence-electron chi connectivity index (χ1n) is 6.60. The maximum atomic E-state index is 11.4. The van der Waals surface area contributed by atoms with Gasteiger partial charge in [-0.25, -0.2) is 0 Å². The number of likely N-dealkylation sites (N-methyl/N-ethyl adjacent to an activating group) is 1. The Bertz CT molecular complexity index is 260. The average molecular weight is 259 g/mol. The van der Waals surface area contributed by atoms with Crippen LogP contribution >= 0.6 is 11.8 Å². The first kappa shape index (κ1) is 14.8. The van der Waals surface area contributed by atoms with Gasteiger partial charge in [-0.05, 0) is 44.4 Å². The van der Waals surface area contributed by atoms with Gasteiger partial charge < -0.3 is 10.4 Å². The van der Waals surface area contributed by atoms with Crippen LogP contribution in [0.2, 0.25) is 0 Å². The lowest BCUT2D eigenvalue weighted by Crippen LogP contribution is -2.53. The molecule has 17 heavy (non-hydrogen) atoms. The fourth-order valence-electron chi connectivity index (χ4n) is 2.72. The zero-order valence-electron chi connectivity index (χ0n) is 11.2. The molecule has 0 aromatic carbocycles. The van der Waals surface area contributed by atoms with Crippen LogP contribution in [0.4, 0.5) is 0 Å². The molecule has 1 aliphatic rings. The number of carboxylic acid groups (broad SMARTS) is 1. The van der Waals surface area contributed by atoms with E-state index < -0.39 is 11.5 Å². The molecule has 1 saturated carbocycles. The average Bonchev–Trinajstić information content (AvgIpc) is 2.73. The molecule has 4 heteroatoms. The second-order valence-corrected chi connectivity index (χ2v) is 6.54. The van der Waals surface area contributed by atoms with Crippen molar-refractivity contribution >= 4 is 17.7 Å². The maximum Gasteiger partial charge on any atom is 0.324 e. The largest absolute Gasteiger partial charge is 0.480 e. The monoisotopic (exact) mass is 259 g/mol. The molecule has 0 aliphatic heterocycles. The molecular weight excluding hydrogens is 234 g/mol. The molecule has 3 nitrogen and oxygen atoms in total. The number of carboxylic acids is 1. The summed E-state index contributed by atoms with van der Waals surface area (Å²) in [5.74, 6) is 0.703. The fraction of sp³-hybridized carbons (Fsp3) is 0.923. The van der Waals surface area contributed by atoms with E-state index in [1.54, 1.807) is 7.05 Å². The highest BCUT2D eigenvalue weighted by Crippen LogP contribution is 2.38. The summed E-state index contributed by atoms with van der Waals surface area (Å²) < 4.78 is 0. The minimum atomic E-state index is -0.670. The Hall–Kier alpha value is -0.220. The highest BCUT2D eigenvalue weighted by Gasteiger charge is 2.47. The Kier molecular flexibility index (Phi) is 5.80. The standard InChI is InChI=1S/C13H25NO2S/c1-4-10(2)17-9-7-11-6-5-8-13(11,14-3)12(15)16/h10-11,14H,4-9H2,1-3H3,(H,15,16). The zero-order valence-corrected chi connectivity index (χ0v) is 12.0. The van der Waals surface area contributed by atoms with E-state index in [2.05, 4.69) is 19.2 Å². The van der Waals surface area contributed by atoms with Crippen LogP contribution in [0.15, 0.2) is 0 Å². The summed E-state index contributed by atoms with van der Waals surface area (Å²) in [6.07, 6.45) is 5.06. The van der Waals surface area contributed by atoms with Crippen LogP contribution in [-0.4, -0.2) is 34.7 Å². The van der Waals surface area contributed by atoms with Gasteiger partial charge in [-0.2, -0.15) is 11.8 Å². The third-order valence-corrected chi connectivity index (χ3v) is 5.47. The van der Waals surface area contributed by atoms with E-state index >= 15 is 0 Å². The van der Waals surface area contributed by atoms with Crippen molar-refractivity contribution < 1.29 is 9.90 Å². The van der Waals surface area contributed by atoms with Crippen LogP contribution in [0, 0.1) is 5.92 Å². The second kappa shape index (κ2) is 6.64. The van der Waals surface area contributed by atoms with Crippen LogP contribution in [0.1, 0.15) is 46.0 Å². The van der Waals surface area contributed by atoms with E-state index in [4.69, 9.17) is 0 Å². The Morgan fingerprint density at radius 3 is 2.88 bits per heavy atom. The summed E-state index contributed by atoms with van der Waals surface area (Å²) in [4.78, 5) is 11.4. The molecule has 3 atom stereocenters. The molecule has 1 fully saturated rings. The van der Waals surface area contributed by atoms with E-state index in [9.17, 15) is 9.90 Å². The predicted molar refractivity (Wildman–Crippen MR) is 73.6 cm³/mol. The summed E-state index contributed by atoms with van der Waals surface area (Å²) in [6, 6.07) is 0. The van der Waals surface area contributed by atoms with Crippen molar-refractivity contribution in [3.63, 3.8) is 0 Å². The molecular formula is C13H25NO2S. The summed E-state index contributed by atoms with van der Waals surface area (Å²) >= 11 is 1.97. The van der Waals surface area contributed by atoms with E-state index in [1.165, 1.54) is 6.42 Å². The van der Waals surface area contributed by atoms with E-state index in [0.29, 0.717) is 11.2 Å². The van der Waals surface area contributed by atoms with E-state index in [1.807, 2.05) is 11.8 Å². The number of carbonyl (C=O) groups is 1. The molecule has 0 spiro atoms. The molecule has 3 unspecified atom stereocenters. The normalized spacial score (nSPS) is 30.4. The Balaban J connectivity index is 2.49. The minimum absolute atomic E-state index is 0.293. The molecule has 0 aromatic heterocycles. The highest BCUT2D eigenvalue weighted by atomic mass is 32.2. The number of thioether (sulfide) groups is 1. The van der Waals surface area contributed by atoms with Crippen LogP contribution < -0.4 is 5.32 Å². The lowest BCUT2D eigenvalue weighted by Gasteiger charge is -2.31. The lowest BCUT2D eigenvalue weighted by molar-refractivity contribution is -0.146. The predicted octanol–water partition coefficient (Wildman–Crippen LogP) is 2.75. The summed E-state index contributed by atoms with van der Waals surface area (Å²) in [5, 5.41) is 13.2. The molecule has 1 aliphatic carbocycles. The summed E-state index contributed by atoms with van der Waals surface area (Å²) in [5.41, 5.74) is -0.657. The molecule has 0 amide bonds.